The van der Waals surface area contributed by atoms with E-state index in [1.165, 1.54) is 56.0 Å². The van der Waals surface area contributed by atoms with Crippen LogP contribution in [0.2, 0.25) is 0 Å². The molecule has 3 fully saturated rings. The quantitative estimate of drug-likeness (QED) is 0.534. The van der Waals surface area contributed by atoms with E-state index in [0.717, 1.165) is 18.8 Å². The lowest BCUT2D eigenvalue weighted by molar-refractivity contribution is -0.939. The third kappa shape index (κ3) is 4.00. The highest BCUT2D eigenvalue weighted by Gasteiger charge is 2.38. The average Bonchev–Trinajstić information content (AvgIpc) is 3.06. The van der Waals surface area contributed by atoms with Crippen molar-refractivity contribution in [3.8, 4) is 0 Å². The van der Waals surface area contributed by atoms with Gasteiger partial charge in [0.15, 0.2) is 0 Å². The van der Waals surface area contributed by atoms with Crippen molar-refractivity contribution in [3.05, 3.63) is 36.7 Å². The van der Waals surface area contributed by atoms with Crippen LogP contribution in [0.3, 0.4) is 0 Å². The van der Waals surface area contributed by atoms with E-state index in [1.54, 1.807) is 0 Å². The molecule has 0 N–H and O–H groups in total. The maximum Gasteiger partial charge on any atom is 0.217 e. The largest absolute Gasteiger partial charge is 0.366 e. The first kappa shape index (κ1) is 19.2. The molecule has 2 bridgehead atoms. The number of nitrogens with zero attached hydrogens (tertiary/aromatic N) is 7. The zero-order chi connectivity index (χ0) is 19.6. The number of rotatable bonds is 7. The number of likely N-dealkylation sites (N-methyl/N-ethyl adjacent to an activating group) is 1. The molecule has 7 nitrogen and oxygen atoms in total. The van der Waals surface area contributed by atoms with Crippen LogP contribution in [-0.2, 0) is 0 Å². The lowest BCUT2D eigenvalue weighted by Gasteiger charge is -2.51. The van der Waals surface area contributed by atoms with Gasteiger partial charge < -0.3 is 19.2 Å². The van der Waals surface area contributed by atoms with Crippen LogP contribution in [0.5, 0.6) is 0 Å². The van der Waals surface area contributed by atoms with Gasteiger partial charge >= 0.3 is 0 Å². The molecule has 4 aliphatic rings. The van der Waals surface area contributed by atoms with E-state index >= 15 is 0 Å². The number of piperazine rings is 3. The van der Waals surface area contributed by atoms with Crippen LogP contribution in [0.4, 0.5) is 11.4 Å². The van der Waals surface area contributed by atoms with Crippen LogP contribution in [0, 0.1) is 0 Å². The maximum atomic E-state index is 4.47. The molecule has 152 valence electrons. The van der Waals surface area contributed by atoms with Crippen LogP contribution < -0.4 is 4.90 Å². The summed E-state index contributed by atoms with van der Waals surface area (Å²) in [6, 6.07) is 8.53. The second kappa shape index (κ2) is 8.09. The molecule has 3 saturated heterocycles. The molecule has 4 heterocycles. The van der Waals surface area contributed by atoms with Gasteiger partial charge in [0.2, 0.25) is 6.29 Å². The predicted octanol–water partition coefficient (Wildman–Crippen LogP) is 2.37. The molecule has 7 heteroatoms. The Labute approximate surface area is 169 Å². The average molecular weight is 385 g/mol. The number of hydrogen-bond donors (Lipinski definition) is 0. The molecular formula is C21H34N7+. The third-order valence-electron chi connectivity index (χ3n) is 6.65. The molecule has 0 atom stereocenters. The summed E-state index contributed by atoms with van der Waals surface area (Å²) in [6.07, 6.45) is 3.98. The molecule has 1 aromatic rings. The summed E-state index contributed by atoms with van der Waals surface area (Å²) in [6.45, 7) is 13.5. The maximum absolute atomic E-state index is 4.47. The number of hydrogen-bond acceptors (Lipinski definition) is 6. The van der Waals surface area contributed by atoms with Gasteiger partial charge in [-0.3, -0.25) is 4.90 Å². The first-order valence-electron chi connectivity index (χ1n) is 10.5. The zero-order valence-corrected chi connectivity index (χ0v) is 17.5. The van der Waals surface area contributed by atoms with E-state index in [2.05, 4.69) is 51.2 Å². The number of azo groups is 1. The SMILES string of the molecule is CCN(CC[N+]12CCN(CC1)CC2)c1ccc(N=NC2N(C)C=CN2C)cc1. The Morgan fingerprint density at radius 2 is 1.61 bits per heavy atom. The van der Waals surface area contributed by atoms with Gasteiger partial charge in [0.1, 0.15) is 0 Å². The van der Waals surface area contributed by atoms with Gasteiger partial charge in [-0.15, -0.1) is 5.11 Å². The normalized spacial score (nSPS) is 27.3. The Morgan fingerprint density at radius 3 is 2.18 bits per heavy atom. The van der Waals surface area contributed by atoms with E-state index in [9.17, 15) is 0 Å². The van der Waals surface area contributed by atoms with Gasteiger partial charge in [0.05, 0.1) is 38.4 Å². The van der Waals surface area contributed by atoms with Gasteiger partial charge in [-0.2, -0.15) is 5.11 Å². The summed E-state index contributed by atoms with van der Waals surface area (Å²) in [4.78, 5) is 9.20. The third-order valence-corrected chi connectivity index (χ3v) is 6.65. The Kier molecular flexibility index (Phi) is 5.55. The van der Waals surface area contributed by atoms with Gasteiger partial charge in [-0.05, 0) is 31.2 Å². The van der Waals surface area contributed by atoms with E-state index in [0.29, 0.717) is 0 Å². The molecule has 0 radical (unpaired) electrons. The molecule has 1 aromatic carbocycles. The van der Waals surface area contributed by atoms with Crippen molar-refractivity contribution < 1.29 is 4.48 Å². The molecule has 0 saturated carbocycles. The fraction of sp³-hybridized carbons (Fsp3) is 0.619. The summed E-state index contributed by atoms with van der Waals surface area (Å²) in [5.41, 5.74) is 2.19. The second-order valence-electron chi connectivity index (χ2n) is 8.36. The molecular weight excluding hydrogens is 350 g/mol. The van der Waals surface area contributed by atoms with E-state index < -0.39 is 0 Å². The lowest BCUT2D eigenvalue weighted by Crippen LogP contribution is -2.68. The van der Waals surface area contributed by atoms with Crippen LogP contribution in [0.1, 0.15) is 6.92 Å². The minimum Gasteiger partial charge on any atom is -0.366 e. The first-order chi connectivity index (χ1) is 13.6. The van der Waals surface area contributed by atoms with Crippen molar-refractivity contribution >= 4 is 11.4 Å². The molecule has 28 heavy (non-hydrogen) atoms. The Morgan fingerprint density at radius 1 is 1.00 bits per heavy atom. The van der Waals surface area contributed by atoms with E-state index in [4.69, 9.17) is 0 Å². The Hall–Kier alpha value is -2.12. The highest BCUT2D eigenvalue weighted by molar-refractivity contribution is 5.52. The zero-order valence-electron chi connectivity index (χ0n) is 17.5. The fourth-order valence-electron chi connectivity index (χ4n) is 4.53. The minimum absolute atomic E-state index is 0.0502. The van der Waals surface area contributed by atoms with Crippen LogP contribution in [-0.4, -0.2) is 98.5 Å². The summed E-state index contributed by atoms with van der Waals surface area (Å²) in [5, 5.41) is 8.91. The van der Waals surface area contributed by atoms with Gasteiger partial charge in [0.25, 0.3) is 0 Å². The standard InChI is InChI=1S/C21H34N7/c1-4-27(14-18-28-15-11-26(12-16-28)13-17-28)20-7-5-19(6-8-20)22-23-21-24(2)9-10-25(21)3/h5-10,21H,4,11-18H2,1-3H3/q+1. The highest BCUT2D eigenvalue weighted by Crippen LogP contribution is 2.24. The van der Waals surface area contributed by atoms with Crippen LogP contribution in [0.25, 0.3) is 0 Å². The lowest BCUT2D eigenvalue weighted by atomic mass is 10.1. The molecule has 0 spiro atoms. The van der Waals surface area contributed by atoms with Gasteiger partial charge in [-0.1, -0.05) is 0 Å². The van der Waals surface area contributed by atoms with Crippen molar-refractivity contribution in [2.45, 2.75) is 13.2 Å². The number of quaternary nitrogens is 1. The molecule has 5 rings (SSSR count). The minimum atomic E-state index is -0.0502. The van der Waals surface area contributed by atoms with Crippen LogP contribution >= 0.6 is 0 Å². The van der Waals surface area contributed by atoms with E-state index in [1.807, 2.05) is 36.3 Å². The smallest absolute Gasteiger partial charge is 0.217 e. The molecule has 0 aliphatic carbocycles. The number of benzene rings is 1. The van der Waals surface area contributed by atoms with Crippen molar-refractivity contribution in [1.29, 1.82) is 0 Å². The fourth-order valence-corrected chi connectivity index (χ4v) is 4.53. The van der Waals surface area contributed by atoms with Crippen LogP contribution in [0.15, 0.2) is 46.9 Å². The van der Waals surface area contributed by atoms with Crippen molar-refractivity contribution in [2.75, 3.05) is 77.9 Å². The Balaban J connectivity index is 1.35. The number of anilines is 1. The van der Waals surface area contributed by atoms with Crippen molar-refractivity contribution in [2.24, 2.45) is 10.2 Å². The first-order valence-corrected chi connectivity index (χ1v) is 10.5. The topological polar surface area (TPSA) is 37.7 Å². The monoisotopic (exact) mass is 384 g/mol. The summed E-state index contributed by atoms with van der Waals surface area (Å²) >= 11 is 0. The highest BCUT2D eigenvalue weighted by atomic mass is 15.5. The van der Waals surface area contributed by atoms with Crippen molar-refractivity contribution in [1.82, 2.24) is 14.7 Å². The summed E-state index contributed by atoms with van der Waals surface area (Å²) in [7, 11) is 4.03. The Bertz CT molecular complexity index is 680. The van der Waals surface area contributed by atoms with Gasteiger partial charge in [0, 0.05) is 58.4 Å². The predicted molar refractivity (Wildman–Crippen MR) is 113 cm³/mol. The molecule has 0 aromatic heterocycles. The second-order valence-corrected chi connectivity index (χ2v) is 8.36. The summed E-state index contributed by atoms with van der Waals surface area (Å²) < 4.78 is 1.32. The van der Waals surface area contributed by atoms with E-state index in [-0.39, 0.29) is 6.29 Å². The van der Waals surface area contributed by atoms with Crippen molar-refractivity contribution in [3.63, 3.8) is 0 Å². The summed E-state index contributed by atoms with van der Waals surface area (Å²) in [5.74, 6) is 0. The number of fused-ring (bicyclic) bond motifs is 3. The van der Waals surface area contributed by atoms with Gasteiger partial charge in [-0.25, -0.2) is 0 Å². The molecule has 0 amide bonds. The molecule has 4 aliphatic heterocycles. The molecule has 0 unspecified atom stereocenters.